The molecular formula is C22H27ClN2O3. The third kappa shape index (κ3) is 6.14. The molecule has 0 aromatic heterocycles. The molecule has 2 aromatic carbocycles. The summed E-state index contributed by atoms with van der Waals surface area (Å²) >= 11 is 5.94. The highest BCUT2D eigenvalue weighted by Gasteiger charge is 2.11. The Balaban J connectivity index is 1.34. The van der Waals surface area contributed by atoms with Crippen LogP contribution in [0.3, 0.4) is 0 Å². The number of rotatable bonds is 8. The van der Waals surface area contributed by atoms with Gasteiger partial charge in [-0.25, -0.2) is 0 Å². The van der Waals surface area contributed by atoms with E-state index in [0.717, 1.165) is 43.2 Å². The van der Waals surface area contributed by atoms with Gasteiger partial charge in [0.05, 0.1) is 19.8 Å². The van der Waals surface area contributed by atoms with E-state index in [1.54, 1.807) is 6.07 Å². The molecule has 0 saturated carbocycles. The van der Waals surface area contributed by atoms with Crippen LogP contribution in [0, 0.1) is 6.92 Å². The molecule has 1 amide bonds. The summed E-state index contributed by atoms with van der Waals surface area (Å²) in [6.45, 7) is 6.40. The van der Waals surface area contributed by atoms with Crippen LogP contribution in [-0.4, -0.2) is 38.8 Å². The number of ether oxygens (including phenoxy) is 2. The van der Waals surface area contributed by atoms with Gasteiger partial charge in [0, 0.05) is 36.8 Å². The van der Waals surface area contributed by atoms with E-state index in [1.807, 2.05) is 19.1 Å². The van der Waals surface area contributed by atoms with Gasteiger partial charge in [0.15, 0.2) is 0 Å². The highest BCUT2D eigenvalue weighted by molar-refractivity contribution is 6.30. The minimum absolute atomic E-state index is 0.0358. The normalized spacial score (nSPS) is 14.0. The van der Waals surface area contributed by atoms with Crippen molar-refractivity contribution in [2.24, 2.45) is 0 Å². The lowest BCUT2D eigenvalue weighted by atomic mass is 10.2. The largest absolute Gasteiger partial charge is 0.493 e. The van der Waals surface area contributed by atoms with Gasteiger partial charge >= 0.3 is 0 Å². The van der Waals surface area contributed by atoms with Gasteiger partial charge in [0.1, 0.15) is 5.75 Å². The van der Waals surface area contributed by atoms with Crippen LogP contribution in [0.15, 0.2) is 42.5 Å². The van der Waals surface area contributed by atoms with Crippen molar-refractivity contribution < 1.29 is 14.3 Å². The van der Waals surface area contributed by atoms with Crippen molar-refractivity contribution in [1.29, 1.82) is 0 Å². The van der Waals surface area contributed by atoms with Gasteiger partial charge in [-0.1, -0.05) is 23.7 Å². The Morgan fingerprint density at radius 3 is 2.64 bits per heavy atom. The minimum atomic E-state index is 0.0358. The van der Waals surface area contributed by atoms with Crippen molar-refractivity contribution in [3.63, 3.8) is 0 Å². The summed E-state index contributed by atoms with van der Waals surface area (Å²) in [6, 6.07) is 13.9. The fourth-order valence-corrected chi connectivity index (χ4v) is 3.35. The quantitative estimate of drug-likeness (QED) is 0.679. The maximum absolute atomic E-state index is 12.0. The molecule has 3 rings (SSSR count). The number of amides is 1. The van der Waals surface area contributed by atoms with E-state index in [0.29, 0.717) is 31.0 Å². The number of benzene rings is 2. The number of morpholine rings is 1. The second-order valence-electron chi connectivity index (χ2n) is 6.90. The molecule has 1 heterocycles. The molecule has 0 unspecified atom stereocenters. The summed E-state index contributed by atoms with van der Waals surface area (Å²) < 4.78 is 11.1. The summed E-state index contributed by atoms with van der Waals surface area (Å²) in [7, 11) is 0. The fourth-order valence-electron chi connectivity index (χ4n) is 3.12. The summed E-state index contributed by atoms with van der Waals surface area (Å²) in [5.41, 5.74) is 3.30. The highest BCUT2D eigenvalue weighted by Crippen LogP contribution is 2.22. The van der Waals surface area contributed by atoms with Crippen LogP contribution < -0.4 is 15.0 Å². The Kier molecular flexibility index (Phi) is 7.57. The zero-order chi connectivity index (χ0) is 19.8. The van der Waals surface area contributed by atoms with Crippen LogP contribution in [0.25, 0.3) is 0 Å². The average molecular weight is 403 g/mol. The number of hydrogen-bond donors (Lipinski definition) is 1. The van der Waals surface area contributed by atoms with Gasteiger partial charge in [-0.3, -0.25) is 4.79 Å². The van der Waals surface area contributed by atoms with E-state index in [-0.39, 0.29) is 5.91 Å². The van der Waals surface area contributed by atoms with Gasteiger partial charge in [-0.2, -0.15) is 0 Å². The van der Waals surface area contributed by atoms with Crippen LogP contribution in [0.1, 0.15) is 24.0 Å². The second-order valence-corrected chi connectivity index (χ2v) is 7.34. The lowest BCUT2D eigenvalue weighted by Gasteiger charge is -2.28. The molecule has 0 aliphatic carbocycles. The zero-order valence-electron chi connectivity index (χ0n) is 16.2. The molecule has 1 fully saturated rings. The van der Waals surface area contributed by atoms with E-state index >= 15 is 0 Å². The third-order valence-electron chi connectivity index (χ3n) is 4.74. The molecule has 6 heteroatoms. The van der Waals surface area contributed by atoms with E-state index in [2.05, 4.69) is 34.5 Å². The molecule has 0 spiro atoms. The number of hydrogen-bond acceptors (Lipinski definition) is 4. The predicted molar refractivity (Wildman–Crippen MR) is 112 cm³/mol. The Bertz CT molecular complexity index is 774. The lowest BCUT2D eigenvalue weighted by Crippen LogP contribution is -2.36. The first-order chi connectivity index (χ1) is 13.6. The molecule has 1 aliphatic heterocycles. The van der Waals surface area contributed by atoms with E-state index in [9.17, 15) is 4.79 Å². The molecule has 28 heavy (non-hydrogen) atoms. The van der Waals surface area contributed by atoms with Gasteiger partial charge in [-0.05, 0) is 54.8 Å². The van der Waals surface area contributed by atoms with Crippen molar-refractivity contribution in [3.05, 3.63) is 58.6 Å². The Morgan fingerprint density at radius 1 is 1.18 bits per heavy atom. The van der Waals surface area contributed by atoms with E-state index in [1.165, 1.54) is 5.69 Å². The average Bonchev–Trinajstić information content (AvgIpc) is 2.72. The smallest absolute Gasteiger partial charge is 0.220 e. The number of nitrogens with one attached hydrogen (secondary N) is 1. The lowest BCUT2D eigenvalue weighted by molar-refractivity contribution is -0.121. The van der Waals surface area contributed by atoms with Crippen molar-refractivity contribution in [1.82, 2.24) is 5.32 Å². The third-order valence-corrected chi connectivity index (χ3v) is 4.98. The van der Waals surface area contributed by atoms with Gasteiger partial charge in [0.25, 0.3) is 0 Å². The van der Waals surface area contributed by atoms with Crippen molar-refractivity contribution >= 4 is 23.2 Å². The SMILES string of the molecule is Cc1cc(Cl)ccc1OCCCC(=O)NCc1ccc(N2CCOCC2)cc1. The van der Waals surface area contributed by atoms with Crippen molar-refractivity contribution in [2.75, 3.05) is 37.8 Å². The van der Waals surface area contributed by atoms with Crippen molar-refractivity contribution in [2.45, 2.75) is 26.3 Å². The van der Waals surface area contributed by atoms with E-state index in [4.69, 9.17) is 21.1 Å². The molecule has 5 nitrogen and oxygen atoms in total. The number of nitrogens with zero attached hydrogens (tertiary/aromatic N) is 1. The van der Waals surface area contributed by atoms with Crippen LogP contribution in [0.2, 0.25) is 5.02 Å². The van der Waals surface area contributed by atoms with Crippen molar-refractivity contribution in [3.8, 4) is 5.75 Å². The summed E-state index contributed by atoms with van der Waals surface area (Å²) in [5.74, 6) is 0.846. The van der Waals surface area contributed by atoms with Crippen LogP contribution in [0.5, 0.6) is 5.75 Å². The summed E-state index contributed by atoms with van der Waals surface area (Å²) in [5, 5.41) is 3.67. The number of aryl methyl sites for hydroxylation is 1. The monoisotopic (exact) mass is 402 g/mol. The topological polar surface area (TPSA) is 50.8 Å². The number of anilines is 1. The molecule has 150 valence electrons. The Labute approximate surface area is 171 Å². The van der Waals surface area contributed by atoms with Gasteiger partial charge < -0.3 is 19.7 Å². The van der Waals surface area contributed by atoms with Gasteiger partial charge in [0.2, 0.25) is 5.91 Å². The molecule has 0 bridgehead atoms. The second kappa shape index (κ2) is 10.3. The molecule has 1 saturated heterocycles. The first kappa shape index (κ1) is 20.5. The summed E-state index contributed by atoms with van der Waals surface area (Å²) in [4.78, 5) is 14.4. The minimum Gasteiger partial charge on any atom is -0.493 e. The van der Waals surface area contributed by atoms with Crippen LogP contribution in [0.4, 0.5) is 5.69 Å². The maximum atomic E-state index is 12.0. The molecule has 2 aromatic rings. The first-order valence-electron chi connectivity index (χ1n) is 9.69. The first-order valence-corrected chi connectivity index (χ1v) is 10.1. The number of carbonyl (C=O) groups excluding carboxylic acids is 1. The molecule has 0 radical (unpaired) electrons. The molecule has 1 aliphatic rings. The fraction of sp³-hybridized carbons (Fsp3) is 0.409. The Morgan fingerprint density at radius 2 is 1.93 bits per heavy atom. The van der Waals surface area contributed by atoms with E-state index < -0.39 is 0 Å². The molecule has 0 atom stereocenters. The van der Waals surface area contributed by atoms with Crippen LogP contribution in [-0.2, 0) is 16.1 Å². The highest BCUT2D eigenvalue weighted by atomic mass is 35.5. The molecule has 1 N–H and O–H groups in total. The predicted octanol–water partition coefficient (Wildman–Crippen LogP) is 3.96. The number of carbonyl (C=O) groups is 1. The van der Waals surface area contributed by atoms with Crippen LogP contribution >= 0.6 is 11.6 Å². The summed E-state index contributed by atoms with van der Waals surface area (Å²) in [6.07, 6.45) is 1.11. The Hall–Kier alpha value is -2.24. The standard InChI is InChI=1S/C22H27ClN2O3/c1-17-15-19(23)6-9-21(17)28-12-2-3-22(26)24-16-18-4-7-20(8-5-18)25-10-13-27-14-11-25/h4-9,15H,2-3,10-14,16H2,1H3,(H,24,26). The maximum Gasteiger partial charge on any atom is 0.220 e. The molecular weight excluding hydrogens is 376 g/mol. The van der Waals surface area contributed by atoms with Gasteiger partial charge in [-0.15, -0.1) is 0 Å². The zero-order valence-corrected chi connectivity index (χ0v) is 17.0. The number of halogens is 1.